The van der Waals surface area contributed by atoms with E-state index in [1.165, 1.54) is 0 Å². The highest BCUT2D eigenvalue weighted by molar-refractivity contribution is 7.15. The predicted molar refractivity (Wildman–Crippen MR) is 79.6 cm³/mol. The summed E-state index contributed by atoms with van der Waals surface area (Å²) >= 11 is 1.58. The van der Waals surface area contributed by atoms with Gasteiger partial charge >= 0.3 is 5.97 Å². The second-order valence-corrected chi connectivity index (χ2v) is 6.49. The van der Waals surface area contributed by atoms with E-state index in [1.54, 1.807) is 11.3 Å². The molecule has 0 radical (unpaired) electrons. The molecule has 0 bridgehead atoms. The van der Waals surface area contributed by atoms with Gasteiger partial charge in [0, 0.05) is 11.5 Å². The van der Waals surface area contributed by atoms with Gasteiger partial charge in [-0.1, -0.05) is 13.8 Å². The molecule has 0 spiro atoms. The summed E-state index contributed by atoms with van der Waals surface area (Å²) in [4.78, 5) is 16.8. The number of anilines is 1. The molecule has 2 atom stereocenters. The number of rotatable bonds is 7. The lowest BCUT2D eigenvalue weighted by atomic mass is 10.1. The second-order valence-electron chi connectivity index (χ2n) is 5.41. The van der Waals surface area contributed by atoms with Gasteiger partial charge in [-0.2, -0.15) is 0 Å². The molecule has 0 saturated heterocycles. The van der Waals surface area contributed by atoms with Gasteiger partial charge in [0.2, 0.25) is 0 Å². The van der Waals surface area contributed by atoms with Crippen LogP contribution in [0, 0.1) is 5.92 Å². The van der Waals surface area contributed by atoms with Gasteiger partial charge in [0.25, 0.3) is 0 Å². The molecule has 2 rings (SSSR count). The van der Waals surface area contributed by atoms with Gasteiger partial charge in [0.1, 0.15) is 5.92 Å². The lowest BCUT2D eigenvalue weighted by molar-refractivity contribution is -0.138. The van der Waals surface area contributed by atoms with E-state index < -0.39 is 11.9 Å². The normalized spacial score (nSPS) is 19.1. The average molecular weight is 298 g/mol. The van der Waals surface area contributed by atoms with Crippen molar-refractivity contribution >= 4 is 22.4 Å². The predicted octanol–water partition coefficient (Wildman–Crippen LogP) is 2.73. The summed E-state index contributed by atoms with van der Waals surface area (Å²) in [6.45, 7) is 7.59. The molecule has 2 N–H and O–H groups in total. The number of nitrogens with one attached hydrogen (secondary N) is 1. The first-order valence-electron chi connectivity index (χ1n) is 7.09. The Morgan fingerprint density at radius 3 is 2.95 bits per heavy atom. The maximum atomic E-state index is 11.2. The zero-order valence-electron chi connectivity index (χ0n) is 12.2. The van der Waals surface area contributed by atoms with Crippen molar-refractivity contribution in [3.63, 3.8) is 0 Å². The summed E-state index contributed by atoms with van der Waals surface area (Å²) in [5.41, 5.74) is 0.754. The largest absolute Gasteiger partial charge is 0.481 e. The molecular weight excluding hydrogens is 276 g/mol. The topological polar surface area (TPSA) is 71.5 Å². The van der Waals surface area contributed by atoms with Crippen LogP contribution in [0.25, 0.3) is 0 Å². The van der Waals surface area contributed by atoms with Crippen molar-refractivity contribution in [2.75, 3.05) is 18.5 Å². The third-order valence-corrected chi connectivity index (χ3v) is 4.69. The van der Waals surface area contributed by atoms with Crippen molar-refractivity contribution in [1.29, 1.82) is 0 Å². The fourth-order valence-electron chi connectivity index (χ4n) is 2.33. The first-order valence-corrected chi connectivity index (χ1v) is 7.91. The number of carboxylic acids is 1. The maximum absolute atomic E-state index is 11.2. The zero-order chi connectivity index (χ0) is 14.7. The van der Waals surface area contributed by atoms with Crippen molar-refractivity contribution < 1.29 is 14.6 Å². The molecular formula is C14H22N2O3S. The summed E-state index contributed by atoms with van der Waals surface area (Å²) in [6.07, 6.45) is 1.50. The summed E-state index contributed by atoms with van der Waals surface area (Å²) in [5, 5.41) is 13.4. The first-order chi connectivity index (χ1) is 9.52. The number of thiazole rings is 1. The average Bonchev–Trinajstić information content (AvgIpc) is 2.92. The molecule has 0 amide bonds. The van der Waals surface area contributed by atoms with E-state index in [-0.39, 0.29) is 6.04 Å². The van der Waals surface area contributed by atoms with Gasteiger partial charge in [0.05, 0.1) is 18.3 Å². The van der Waals surface area contributed by atoms with Gasteiger partial charge in [-0.05, 0) is 25.7 Å². The molecule has 112 valence electrons. The van der Waals surface area contributed by atoms with Crippen LogP contribution in [0.15, 0.2) is 0 Å². The van der Waals surface area contributed by atoms with E-state index in [0.717, 1.165) is 22.1 Å². The van der Waals surface area contributed by atoms with Gasteiger partial charge < -0.3 is 15.2 Å². The lowest BCUT2D eigenvalue weighted by Gasteiger charge is -2.21. The van der Waals surface area contributed by atoms with Crippen LogP contribution in [-0.2, 0) is 16.0 Å². The Morgan fingerprint density at radius 2 is 2.35 bits per heavy atom. The first kappa shape index (κ1) is 15.3. The quantitative estimate of drug-likeness (QED) is 0.810. The number of carbonyl (C=O) groups is 1. The molecule has 5 nitrogen and oxygen atoms in total. The van der Waals surface area contributed by atoms with Gasteiger partial charge in [0.15, 0.2) is 5.13 Å². The van der Waals surface area contributed by atoms with Crippen molar-refractivity contribution in [3.8, 4) is 0 Å². The van der Waals surface area contributed by atoms with Gasteiger partial charge in [-0.25, -0.2) is 4.98 Å². The Morgan fingerprint density at radius 1 is 1.60 bits per heavy atom. The number of aryl methyl sites for hydroxylation is 1. The summed E-state index contributed by atoms with van der Waals surface area (Å²) in [6, 6.07) is 0.199. The van der Waals surface area contributed by atoms with E-state index in [9.17, 15) is 9.90 Å². The van der Waals surface area contributed by atoms with Gasteiger partial charge in [-0.15, -0.1) is 11.3 Å². The van der Waals surface area contributed by atoms with E-state index >= 15 is 0 Å². The van der Waals surface area contributed by atoms with Crippen molar-refractivity contribution in [2.24, 2.45) is 5.92 Å². The minimum absolute atomic E-state index is 0.199. The molecule has 2 unspecified atom stereocenters. The Hall–Kier alpha value is -1.14. The molecule has 0 fully saturated rings. The number of ether oxygens (including phenoxy) is 1. The minimum atomic E-state index is -0.768. The maximum Gasteiger partial charge on any atom is 0.312 e. The molecule has 0 aromatic carbocycles. The lowest BCUT2D eigenvalue weighted by Crippen LogP contribution is -2.31. The van der Waals surface area contributed by atoms with Crippen LogP contribution < -0.4 is 5.32 Å². The monoisotopic (exact) mass is 298 g/mol. The minimum Gasteiger partial charge on any atom is -0.481 e. The highest BCUT2D eigenvalue weighted by atomic mass is 32.1. The Bertz CT molecular complexity index is 473. The van der Waals surface area contributed by atoms with E-state index in [4.69, 9.17) is 4.74 Å². The zero-order valence-corrected chi connectivity index (χ0v) is 13.0. The number of hydrogen-bond acceptors (Lipinski definition) is 5. The number of nitrogens with zero attached hydrogens (tertiary/aromatic N) is 1. The number of fused-ring (bicyclic) bond motifs is 1. The van der Waals surface area contributed by atoms with E-state index in [2.05, 4.69) is 24.1 Å². The van der Waals surface area contributed by atoms with Crippen LogP contribution in [0.5, 0.6) is 0 Å². The Labute approximate surface area is 123 Å². The van der Waals surface area contributed by atoms with Crippen LogP contribution in [0.2, 0.25) is 0 Å². The Kier molecular flexibility index (Phi) is 4.99. The van der Waals surface area contributed by atoms with Crippen LogP contribution in [-0.4, -0.2) is 35.3 Å². The highest BCUT2D eigenvalue weighted by Crippen LogP contribution is 2.38. The molecule has 6 heteroatoms. The number of aliphatic carboxylic acids is 1. The number of carboxylic acid groups (broad SMARTS) is 1. The van der Waals surface area contributed by atoms with E-state index in [1.807, 2.05) is 6.92 Å². The van der Waals surface area contributed by atoms with Crippen molar-refractivity contribution in [2.45, 2.75) is 45.6 Å². The van der Waals surface area contributed by atoms with E-state index in [0.29, 0.717) is 25.6 Å². The fourth-order valence-corrected chi connectivity index (χ4v) is 3.43. The van der Waals surface area contributed by atoms with Crippen molar-refractivity contribution in [1.82, 2.24) is 4.98 Å². The molecule has 1 aromatic rings. The third kappa shape index (κ3) is 3.30. The second kappa shape index (κ2) is 6.54. The number of hydrogen-bond donors (Lipinski definition) is 2. The third-order valence-electron chi connectivity index (χ3n) is 3.63. The van der Waals surface area contributed by atoms with Gasteiger partial charge in [-0.3, -0.25) is 4.79 Å². The molecule has 1 aliphatic rings. The molecule has 1 aliphatic carbocycles. The molecule has 0 saturated carbocycles. The molecule has 20 heavy (non-hydrogen) atoms. The summed E-state index contributed by atoms with van der Waals surface area (Å²) in [5.74, 6) is -0.771. The molecule has 0 aliphatic heterocycles. The smallest absolute Gasteiger partial charge is 0.312 e. The fraction of sp³-hybridized carbons (Fsp3) is 0.714. The van der Waals surface area contributed by atoms with Crippen LogP contribution >= 0.6 is 11.3 Å². The summed E-state index contributed by atoms with van der Waals surface area (Å²) in [7, 11) is 0. The highest BCUT2D eigenvalue weighted by Gasteiger charge is 2.32. The van der Waals surface area contributed by atoms with Crippen LogP contribution in [0.4, 0.5) is 5.13 Å². The molecule has 1 heterocycles. The Balaban J connectivity index is 2.07. The standard InChI is InChI=1S/C14H22N2O3S/c1-4-19-7-10(8(2)3)15-14-16-12-9(13(17)18)5-6-11(12)20-14/h8-10H,4-7H2,1-3H3,(H,15,16)(H,17,18). The van der Waals surface area contributed by atoms with Crippen LogP contribution in [0.1, 0.15) is 43.7 Å². The van der Waals surface area contributed by atoms with Crippen molar-refractivity contribution in [3.05, 3.63) is 10.6 Å². The molecule has 1 aromatic heterocycles. The number of aromatic nitrogens is 1. The SMILES string of the molecule is CCOCC(Nc1nc2c(s1)CCC2C(=O)O)C(C)C. The summed E-state index contributed by atoms with van der Waals surface area (Å²) < 4.78 is 5.49. The van der Waals surface area contributed by atoms with Crippen LogP contribution in [0.3, 0.4) is 0 Å².